The van der Waals surface area contributed by atoms with E-state index in [1.165, 1.54) is 13.1 Å². The van der Waals surface area contributed by atoms with Gasteiger partial charge in [0.2, 0.25) is 11.9 Å². The number of nitrogens with two attached hydrogens (primary N) is 1. The lowest BCUT2D eigenvalue weighted by molar-refractivity contribution is -0.114. The van der Waals surface area contributed by atoms with Gasteiger partial charge >= 0.3 is 0 Å². The van der Waals surface area contributed by atoms with Gasteiger partial charge in [-0.2, -0.15) is 4.98 Å². The number of rotatable bonds is 9. The average molecular weight is 358 g/mol. The number of amides is 2. The average Bonchev–Trinajstić information content (AvgIpc) is 2.60. The van der Waals surface area contributed by atoms with Crippen LogP contribution in [0.3, 0.4) is 0 Å². The van der Waals surface area contributed by atoms with Gasteiger partial charge in [-0.15, -0.1) is 0 Å². The van der Waals surface area contributed by atoms with Crippen LogP contribution in [-0.4, -0.2) is 42.0 Å². The maximum atomic E-state index is 11.5. The summed E-state index contributed by atoms with van der Waals surface area (Å²) >= 11 is 0. The van der Waals surface area contributed by atoms with Crippen LogP contribution < -0.4 is 21.7 Å². The Labute approximate surface area is 151 Å². The third kappa shape index (κ3) is 5.71. The topological polar surface area (TPSA) is 131 Å². The van der Waals surface area contributed by atoms with Crippen LogP contribution in [0, 0.1) is 0 Å². The fraction of sp³-hybridized carbons (Fsp3) is 0.294. The third-order valence-electron chi connectivity index (χ3n) is 3.33. The number of carbonyl (C=O) groups excluding carboxylic acids is 2. The third-order valence-corrected chi connectivity index (χ3v) is 3.33. The Morgan fingerprint density at radius 2 is 1.88 bits per heavy atom. The number of primary amides is 1. The summed E-state index contributed by atoms with van der Waals surface area (Å²) in [6.45, 7) is 2.62. The van der Waals surface area contributed by atoms with Crippen LogP contribution >= 0.6 is 0 Å². The first-order valence-corrected chi connectivity index (χ1v) is 8.04. The maximum absolute atomic E-state index is 11.5. The highest BCUT2D eigenvalue weighted by Gasteiger charge is 2.12. The number of benzene rings is 1. The van der Waals surface area contributed by atoms with E-state index in [1.807, 2.05) is 0 Å². The number of methoxy groups -OCH3 is 1. The van der Waals surface area contributed by atoms with Crippen molar-refractivity contribution in [2.24, 2.45) is 5.73 Å². The van der Waals surface area contributed by atoms with Gasteiger partial charge in [0.15, 0.2) is 0 Å². The van der Waals surface area contributed by atoms with E-state index < -0.39 is 5.91 Å². The standard InChI is InChI=1S/C17H22N6O3/c1-11(24)21-12-4-6-13(7-5-12)22-17-20-10-14(15(18)25)16(23-17)19-8-3-9-26-2/h4-7,10H,3,8-9H2,1-2H3,(H2,18,25)(H,21,24)(H2,19,20,22,23). The second-order valence-corrected chi connectivity index (χ2v) is 5.48. The number of aromatic nitrogens is 2. The Hall–Kier alpha value is -3.20. The van der Waals surface area contributed by atoms with Crippen molar-refractivity contribution in [3.63, 3.8) is 0 Å². The number of nitrogens with one attached hydrogen (secondary N) is 3. The predicted octanol–water partition coefficient (Wildman–Crippen LogP) is 1.73. The quantitative estimate of drug-likeness (QED) is 0.502. The fourth-order valence-corrected chi connectivity index (χ4v) is 2.15. The van der Waals surface area contributed by atoms with Gasteiger partial charge in [0.05, 0.1) is 5.56 Å². The molecule has 9 nitrogen and oxygen atoms in total. The number of carbonyl (C=O) groups is 2. The van der Waals surface area contributed by atoms with Crippen LogP contribution in [0.15, 0.2) is 30.5 Å². The van der Waals surface area contributed by atoms with E-state index in [0.29, 0.717) is 30.6 Å². The monoisotopic (exact) mass is 358 g/mol. The molecule has 0 fully saturated rings. The number of hydrogen-bond donors (Lipinski definition) is 4. The van der Waals surface area contributed by atoms with Crippen LogP contribution in [-0.2, 0) is 9.53 Å². The molecule has 0 atom stereocenters. The molecule has 0 spiro atoms. The highest BCUT2D eigenvalue weighted by Crippen LogP contribution is 2.19. The lowest BCUT2D eigenvalue weighted by atomic mass is 10.2. The highest BCUT2D eigenvalue weighted by molar-refractivity contribution is 5.97. The molecule has 0 radical (unpaired) electrons. The second-order valence-electron chi connectivity index (χ2n) is 5.48. The van der Waals surface area contributed by atoms with Crippen LogP contribution in [0.5, 0.6) is 0 Å². The van der Waals surface area contributed by atoms with Crippen molar-refractivity contribution in [3.05, 3.63) is 36.0 Å². The van der Waals surface area contributed by atoms with Crippen molar-refractivity contribution in [1.29, 1.82) is 0 Å². The first-order chi connectivity index (χ1) is 12.5. The summed E-state index contributed by atoms with van der Waals surface area (Å²) in [6.07, 6.45) is 2.13. The first kappa shape index (κ1) is 19.1. The lowest BCUT2D eigenvalue weighted by Crippen LogP contribution is -2.17. The molecular weight excluding hydrogens is 336 g/mol. The van der Waals surface area contributed by atoms with E-state index in [-0.39, 0.29) is 11.5 Å². The van der Waals surface area contributed by atoms with E-state index in [1.54, 1.807) is 31.4 Å². The van der Waals surface area contributed by atoms with Crippen LogP contribution in [0.1, 0.15) is 23.7 Å². The molecule has 0 aliphatic rings. The molecule has 26 heavy (non-hydrogen) atoms. The van der Waals surface area contributed by atoms with E-state index >= 15 is 0 Å². The highest BCUT2D eigenvalue weighted by atomic mass is 16.5. The van der Waals surface area contributed by atoms with Gasteiger partial charge in [0.1, 0.15) is 5.82 Å². The first-order valence-electron chi connectivity index (χ1n) is 8.04. The molecule has 1 aromatic heterocycles. The zero-order chi connectivity index (χ0) is 18.9. The number of ether oxygens (including phenoxy) is 1. The zero-order valence-electron chi connectivity index (χ0n) is 14.7. The number of hydrogen-bond acceptors (Lipinski definition) is 7. The largest absolute Gasteiger partial charge is 0.385 e. The van der Waals surface area contributed by atoms with Crippen molar-refractivity contribution in [2.75, 3.05) is 36.2 Å². The van der Waals surface area contributed by atoms with Crippen molar-refractivity contribution >= 4 is 35.0 Å². The number of anilines is 4. The molecule has 0 aliphatic heterocycles. The minimum Gasteiger partial charge on any atom is -0.385 e. The van der Waals surface area contributed by atoms with Gasteiger partial charge in [-0.1, -0.05) is 0 Å². The minimum absolute atomic E-state index is 0.139. The molecule has 0 saturated heterocycles. The Morgan fingerprint density at radius 3 is 2.50 bits per heavy atom. The molecule has 0 bridgehead atoms. The summed E-state index contributed by atoms with van der Waals surface area (Å²) in [5.74, 6) is -0.0665. The fourth-order valence-electron chi connectivity index (χ4n) is 2.15. The summed E-state index contributed by atoms with van der Waals surface area (Å²) in [5.41, 5.74) is 7.00. The molecule has 2 rings (SSSR count). The van der Waals surface area contributed by atoms with Gasteiger partial charge in [-0.3, -0.25) is 9.59 Å². The van der Waals surface area contributed by atoms with Gasteiger partial charge in [-0.25, -0.2) is 4.98 Å². The summed E-state index contributed by atoms with van der Waals surface area (Å²) in [5, 5.41) is 8.80. The molecule has 2 aromatic rings. The number of nitrogens with zero attached hydrogens (tertiary/aromatic N) is 2. The molecule has 0 saturated carbocycles. The van der Waals surface area contributed by atoms with Crippen LogP contribution in [0.25, 0.3) is 0 Å². The molecule has 138 valence electrons. The molecule has 1 heterocycles. The predicted molar refractivity (Wildman–Crippen MR) is 99.6 cm³/mol. The van der Waals surface area contributed by atoms with E-state index in [4.69, 9.17) is 10.5 Å². The van der Waals surface area contributed by atoms with Crippen LogP contribution in [0.2, 0.25) is 0 Å². The van der Waals surface area contributed by atoms with Gasteiger partial charge in [0, 0.05) is 44.8 Å². The van der Waals surface area contributed by atoms with Crippen molar-refractivity contribution in [3.8, 4) is 0 Å². The molecule has 0 aliphatic carbocycles. The summed E-state index contributed by atoms with van der Waals surface area (Å²) in [6, 6.07) is 7.07. The van der Waals surface area contributed by atoms with E-state index in [2.05, 4.69) is 25.9 Å². The molecule has 2 amide bonds. The molecule has 1 aromatic carbocycles. The van der Waals surface area contributed by atoms with E-state index in [0.717, 1.165) is 12.1 Å². The molecule has 9 heteroatoms. The zero-order valence-corrected chi connectivity index (χ0v) is 14.7. The summed E-state index contributed by atoms with van der Waals surface area (Å²) in [4.78, 5) is 31.0. The Bertz CT molecular complexity index is 764. The summed E-state index contributed by atoms with van der Waals surface area (Å²) < 4.78 is 4.99. The van der Waals surface area contributed by atoms with E-state index in [9.17, 15) is 9.59 Å². The van der Waals surface area contributed by atoms with Crippen molar-refractivity contribution in [2.45, 2.75) is 13.3 Å². The Kier molecular flexibility index (Phi) is 6.86. The van der Waals surface area contributed by atoms with Gasteiger partial charge < -0.3 is 26.4 Å². The Morgan fingerprint density at radius 1 is 1.19 bits per heavy atom. The maximum Gasteiger partial charge on any atom is 0.254 e. The SMILES string of the molecule is COCCCNc1nc(Nc2ccc(NC(C)=O)cc2)ncc1C(N)=O. The van der Waals surface area contributed by atoms with Gasteiger partial charge in [0.25, 0.3) is 5.91 Å². The van der Waals surface area contributed by atoms with Crippen molar-refractivity contribution in [1.82, 2.24) is 9.97 Å². The minimum atomic E-state index is -0.606. The molecular formula is C17H22N6O3. The Balaban J connectivity index is 2.10. The molecule has 0 unspecified atom stereocenters. The molecule has 5 N–H and O–H groups in total. The van der Waals surface area contributed by atoms with Crippen molar-refractivity contribution < 1.29 is 14.3 Å². The lowest BCUT2D eigenvalue weighted by Gasteiger charge is -2.11. The second kappa shape index (κ2) is 9.33. The van der Waals surface area contributed by atoms with Crippen LogP contribution in [0.4, 0.5) is 23.1 Å². The smallest absolute Gasteiger partial charge is 0.254 e. The normalized spacial score (nSPS) is 10.2. The van der Waals surface area contributed by atoms with Gasteiger partial charge in [-0.05, 0) is 30.7 Å². The summed E-state index contributed by atoms with van der Waals surface area (Å²) in [7, 11) is 1.62.